The lowest BCUT2D eigenvalue weighted by molar-refractivity contribution is -0.153. The number of alkyl halides is 3. The number of nitrogens with one attached hydrogen (secondary N) is 1. The van der Waals surface area contributed by atoms with Gasteiger partial charge in [-0.15, -0.1) is 0 Å². The van der Waals surface area contributed by atoms with Crippen LogP contribution in [-0.2, 0) is 0 Å². The van der Waals surface area contributed by atoms with Crippen LogP contribution in [0, 0.1) is 0 Å². The number of amides is 2. The number of carbonyl (C=O) groups is 1. The van der Waals surface area contributed by atoms with Crippen LogP contribution in [0.25, 0.3) is 0 Å². The Morgan fingerprint density at radius 3 is 2.45 bits per heavy atom. The molecule has 0 bridgehead atoms. The second kappa shape index (κ2) is 9.70. The number of halogens is 4. The van der Waals surface area contributed by atoms with E-state index in [9.17, 15) is 18.0 Å². The minimum Gasteiger partial charge on any atom is -0.482 e. The predicted molar refractivity (Wildman–Crippen MR) is 112 cm³/mol. The Kier molecular flexibility index (Phi) is 7.02. The van der Waals surface area contributed by atoms with Gasteiger partial charge in [0.2, 0.25) is 0 Å². The second-order valence-electron chi connectivity index (χ2n) is 6.68. The van der Waals surface area contributed by atoms with Gasteiger partial charge in [-0.2, -0.15) is 13.2 Å². The fourth-order valence-electron chi connectivity index (χ4n) is 3.00. The van der Waals surface area contributed by atoms with E-state index in [2.05, 4.69) is 10.3 Å². The quantitative estimate of drug-likeness (QED) is 0.507. The summed E-state index contributed by atoms with van der Waals surface area (Å²) in [7, 11) is 1.58. The number of aromatic nitrogens is 1. The summed E-state index contributed by atoms with van der Waals surface area (Å²) in [4.78, 5) is 18.6. The smallest absolute Gasteiger partial charge is 0.422 e. The van der Waals surface area contributed by atoms with Gasteiger partial charge in [0, 0.05) is 24.5 Å². The van der Waals surface area contributed by atoms with Crippen molar-refractivity contribution in [2.75, 3.05) is 19.0 Å². The molecule has 2 aromatic carbocycles. The van der Waals surface area contributed by atoms with E-state index in [-0.39, 0.29) is 11.4 Å². The van der Waals surface area contributed by atoms with E-state index >= 15 is 0 Å². The SMILES string of the molecule is CN(C(=O)Nc1ccccc1OCC(F)(F)F)[C@H](c1ccc(Cl)cc1)c1cccnc1. The van der Waals surface area contributed by atoms with Crippen LogP contribution in [0.5, 0.6) is 5.75 Å². The Morgan fingerprint density at radius 2 is 1.81 bits per heavy atom. The highest BCUT2D eigenvalue weighted by Gasteiger charge is 2.29. The number of pyridine rings is 1. The lowest BCUT2D eigenvalue weighted by Crippen LogP contribution is -2.35. The minimum atomic E-state index is -4.49. The molecule has 1 atom stereocenters. The van der Waals surface area contributed by atoms with Crippen LogP contribution < -0.4 is 10.1 Å². The molecule has 0 saturated carbocycles. The summed E-state index contributed by atoms with van der Waals surface area (Å²) in [5, 5.41) is 3.18. The van der Waals surface area contributed by atoms with Gasteiger partial charge in [-0.25, -0.2) is 4.79 Å². The van der Waals surface area contributed by atoms with Gasteiger partial charge in [0.15, 0.2) is 6.61 Å². The Bertz CT molecular complexity index is 1010. The average molecular weight is 450 g/mol. The Labute approximate surface area is 182 Å². The average Bonchev–Trinajstić information content (AvgIpc) is 2.75. The summed E-state index contributed by atoms with van der Waals surface area (Å²) < 4.78 is 42.5. The van der Waals surface area contributed by atoms with Gasteiger partial charge in [-0.1, -0.05) is 41.9 Å². The Morgan fingerprint density at radius 1 is 1.10 bits per heavy atom. The van der Waals surface area contributed by atoms with Crippen LogP contribution in [0.3, 0.4) is 0 Å². The zero-order valence-electron chi connectivity index (χ0n) is 16.4. The third-order valence-electron chi connectivity index (χ3n) is 4.41. The molecule has 0 saturated heterocycles. The zero-order valence-corrected chi connectivity index (χ0v) is 17.2. The van der Waals surface area contributed by atoms with Crippen LogP contribution in [0.4, 0.5) is 23.7 Å². The molecule has 0 aliphatic heterocycles. The van der Waals surface area contributed by atoms with Crippen molar-refractivity contribution in [2.45, 2.75) is 12.2 Å². The highest BCUT2D eigenvalue weighted by Crippen LogP contribution is 2.31. The van der Waals surface area contributed by atoms with E-state index in [4.69, 9.17) is 16.3 Å². The number of ether oxygens (including phenoxy) is 1. The molecule has 1 N–H and O–H groups in total. The molecule has 0 fully saturated rings. The van der Waals surface area contributed by atoms with Crippen molar-refractivity contribution in [3.05, 3.63) is 89.2 Å². The molecule has 0 unspecified atom stereocenters. The summed E-state index contributed by atoms with van der Waals surface area (Å²) in [5.41, 5.74) is 1.67. The topological polar surface area (TPSA) is 54.5 Å². The minimum absolute atomic E-state index is 0.0778. The van der Waals surface area contributed by atoms with Gasteiger partial charge < -0.3 is 15.0 Å². The van der Waals surface area contributed by atoms with Crippen LogP contribution in [0.2, 0.25) is 5.02 Å². The van der Waals surface area contributed by atoms with Crippen LogP contribution >= 0.6 is 11.6 Å². The van der Waals surface area contributed by atoms with Crippen molar-refractivity contribution in [1.82, 2.24) is 9.88 Å². The van der Waals surface area contributed by atoms with E-state index in [1.165, 1.54) is 23.1 Å². The number of anilines is 1. The first-order chi connectivity index (χ1) is 14.7. The van der Waals surface area contributed by atoms with Crippen molar-refractivity contribution in [3.63, 3.8) is 0 Å². The van der Waals surface area contributed by atoms with Crippen LogP contribution in [0.1, 0.15) is 17.2 Å². The zero-order chi connectivity index (χ0) is 22.4. The standard InChI is InChI=1S/C22H19ClF3N3O2/c1-29(20(16-5-4-12-27-13-16)15-8-10-17(23)11-9-15)21(30)28-18-6-2-3-7-19(18)31-14-22(24,25)26/h2-13,20H,14H2,1H3,(H,28,30)/t20-/m1/s1. The number of urea groups is 1. The van der Waals surface area contributed by atoms with Crippen molar-refractivity contribution < 1.29 is 22.7 Å². The van der Waals surface area contributed by atoms with Gasteiger partial charge in [0.25, 0.3) is 0 Å². The number of rotatable bonds is 6. The Balaban J connectivity index is 1.85. The summed E-state index contributed by atoms with van der Waals surface area (Å²) >= 11 is 5.99. The second-order valence-corrected chi connectivity index (χ2v) is 7.12. The first-order valence-electron chi connectivity index (χ1n) is 9.22. The molecule has 0 spiro atoms. The molecule has 3 rings (SSSR count). The molecule has 0 aliphatic rings. The van der Waals surface area contributed by atoms with Crippen molar-refractivity contribution in [1.29, 1.82) is 0 Å². The molecule has 162 valence electrons. The third-order valence-corrected chi connectivity index (χ3v) is 4.67. The summed E-state index contributed by atoms with van der Waals surface area (Å²) in [6, 6.07) is 15.5. The monoisotopic (exact) mass is 449 g/mol. The van der Waals surface area contributed by atoms with Gasteiger partial charge in [-0.3, -0.25) is 4.98 Å². The first kappa shape index (κ1) is 22.4. The molecule has 0 aliphatic carbocycles. The molecule has 3 aromatic rings. The fourth-order valence-corrected chi connectivity index (χ4v) is 3.12. The van der Waals surface area contributed by atoms with Crippen LogP contribution in [-0.4, -0.2) is 35.7 Å². The number of hydrogen-bond donors (Lipinski definition) is 1. The van der Waals surface area contributed by atoms with Gasteiger partial charge in [0.05, 0.1) is 11.7 Å². The Hall–Kier alpha value is -3.26. The largest absolute Gasteiger partial charge is 0.482 e. The number of benzene rings is 2. The fraction of sp³-hybridized carbons (Fsp3) is 0.182. The van der Waals surface area contributed by atoms with E-state index in [0.717, 1.165) is 11.1 Å². The van der Waals surface area contributed by atoms with E-state index < -0.39 is 24.9 Å². The number of hydrogen-bond acceptors (Lipinski definition) is 3. The van der Waals surface area contributed by atoms with Gasteiger partial charge in [0.1, 0.15) is 5.75 Å². The third kappa shape index (κ3) is 6.11. The lowest BCUT2D eigenvalue weighted by Gasteiger charge is -2.29. The molecule has 0 radical (unpaired) electrons. The molecule has 1 heterocycles. The van der Waals surface area contributed by atoms with Crippen LogP contribution in [0.15, 0.2) is 73.1 Å². The van der Waals surface area contributed by atoms with Gasteiger partial charge in [-0.05, 0) is 41.5 Å². The number of para-hydroxylation sites is 2. The lowest BCUT2D eigenvalue weighted by atomic mass is 9.99. The molecular formula is C22H19ClF3N3O2. The summed E-state index contributed by atoms with van der Waals surface area (Å²) in [6.45, 7) is -1.46. The number of nitrogens with zero attached hydrogens (tertiary/aromatic N) is 2. The maximum Gasteiger partial charge on any atom is 0.422 e. The molecule has 2 amide bonds. The summed E-state index contributed by atoms with van der Waals surface area (Å²) in [5.74, 6) is -0.0778. The first-order valence-corrected chi connectivity index (χ1v) is 9.60. The van der Waals surface area contributed by atoms with Crippen molar-refractivity contribution in [3.8, 4) is 5.75 Å². The van der Waals surface area contributed by atoms with E-state index in [1.54, 1.807) is 55.8 Å². The van der Waals surface area contributed by atoms with E-state index in [0.29, 0.717) is 5.02 Å². The molecule has 1 aromatic heterocycles. The molecule has 5 nitrogen and oxygen atoms in total. The van der Waals surface area contributed by atoms with Crippen molar-refractivity contribution in [2.24, 2.45) is 0 Å². The van der Waals surface area contributed by atoms with Gasteiger partial charge >= 0.3 is 12.2 Å². The molecular weight excluding hydrogens is 431 g/mol. The number of carbonyl (C=O) groups excluding carboxylic acids is 1. The predicted octanol–water partition coefficient (Wildman–Crippen LogP) is 5.93. The van der Waals surface area contributed by atoms with E-state index in [1.807, 2.05) is 6.07 Å². The normalized spacial score (nSPS) is 12.2. The highest BCUT2D eigenvalue weighted by atomic mass is 35.5. The van der Waals surface area contributed by atoms with Crippen molar-refractivity contribution >= 4 is 23.3 Å². The maximum absolute atomic E-state index is 13.0. The summed E-state index contributed by atoms with van der Waals surface area (Å²) in [6.07, 6.45) is -1.23. The molecule has 9 heteroatoms. The highest BCUT2D eigenvalue weighted by molar-refractivity contribution is 6.30. The maximum atomic E-state index is 13.0. The molecule has 31 heavy (non-hydrogen) atoms.